The third-order valence-electron chi connectivity index (χ3n) is 13.4. The first-order chi connectivity index (χ1) is 58.0. The molecular formula is C40H64F4N8O60P12. The monoisotopic (exact) mass is 2070 g/mol. The van der Waals surface area contributed by atoms with Crippen LogP contribution in [0.2, 0.25) is 0 Å². The summed E-state index contributed by atoms with van der Waals surface area (Å²) in [4.78, 5) is 242. The highest BCUT2D eigenvalue weighted by atomic mass is 31.3. The predicted octanol–water partition coefficient (Wildman–Crippen LogP) is -6.73. The van der Waals surface area contributed by atoms with Crippen LogP contribution in [0.3, 0.4) is 0 Å². The highest BCUT2D eigenvalue weighted by Crippen LogP contribution is 2.70. The van der Waals surface area contributed by atoms with Gasteiger partial charge in [0.15, 0.2) is 24.9 Å². The van der Waals surface area contributed by atoms with Crippen LogP contribution in [0.1, 0.15) is 81.0 Å². The first kappa shape index (κ1) is 100. The number of aliphatic hydroxyl groups is 8. The number of aromatic nitrogens is 8. The molecule has 0 spiro atoms. The van der Waals surface area contributed by atoms with Crippen LogP contribution >= 0.6 is 93.9 Å². The van der Waals surface area contributed by atoms with Gasteiger partial charge in [-0.25, -0.2) is 91.5 Å². The van der Waals surface area contributed by atoms with Crippen LogP contribution < -0.4 is 45.0 Å². The second-order valence-corrected chi connectivity index (χ2v) is 40.8. The van der Waals surface area contributed by atoms with Gasteiger partial charge in [0.2, 0.25) is 23.4 Å². The molecule has 68 nitrogen and oxygen atoms in total. The van der Waals surface area contributed by atoms with Gasteiger partial charge in [-0.1, -0.05) is 0 Å². The summed E-state index contributed by atoms with van der Waals surface area (Å²) in [6.07, 6.45) is -21.1. The Kier molecular flexibility index (Phi) is 33.3. The molecule has 0 bridgehead atoms. The van der Waals surface area contributed by atoms with Gasteiger partial charge in [-0.3, -0.25) is 75.5 Å². The lowest BCUT2D eigenvalue weighted by Gasteiger charge is -2.22. The van der Waals surface area contributed by atoms with Crippen LogP contribution in [0.15, 0.2) is 63.1 Å². The van der Waals surface area contributed by atoms with Crippen LogP contribution in [0.4, 0.5) is 17.6 Å². The van der Waals surface area contributed by atoms with Gasteiger partial charge in [-0.05, 0) is 0 Å². The molecule has 84 heteroatoms. The van der Waals surface area contributed by atoms with Gasteiger partial charge in [0.1, 0.15) is 50.7 Å². The smallest absolute Gasteiger partial charge is 0.391 e. The minimum Gasteiger partial charge on any atom is -0.391 e. The molecule has 0 amide bonds. The summed E-state index contributed by atoms with van der Waals surface area (Å²) in [5.74, 6) is -14.3. The highest BCUT2D eigenvalue weighted by Gasteiger charge is 2.56. The maximum Gasteiger partial charge on any atom is 0.490 e. The van der Waals surface area contributed by atoms with Crippen molar-refractivity contribution in [2.45, 2.75) is 125 Å². The van der Waals surface area contributed by atoms with Crippen molar-refractivity contribution in [3.63, 3.8) is 0 Å². The van der Waals surface area contributed by atoms with Gasteiger partial charge >= 0.3 is 117 Å². The summed E-state index contributed by atoms with van der Waals surface area (Å²) in [7, 11) is -70.5. The van der Waals surface area contributed by atoms with Crippen LogP contribution in [0.5, 0.6) is 0 Å². The van der Waals surface area contributed by atoms with Crippen molar-refractivity contribution in [3.8, 4) is 0 Å². The van der Waals surface area contributed by atoms with E-state index >= 15 is 8.78 Å². The second-order valence-electron chi connectivity index (χ2n) is 23.2. The first-order valence-electron chi connectivity index (χ1n) is 33.4. The maximum atomic E-state index is 15.3. The van der Waals surface area contributed by atoms with Gasteiger partial charge in [-0.15, -0.1) is 0 Å². The molecule has 4 aromatic rings. The third kappa shape index (κ3) is 34.4. The number of H-pyrrole nitrogens is 4. The Balaban J connectivity index is 0.000000307. The lowest BCUT2D eigenvalue weighted by atomic mass is 10.2. The molecule has 0 aliphatic carbocycles. The first-order valence-corrected chi connectivity index (χ1v) is 48.5. The number of nitrogens with one attached hydrogen (secondary N) is 4. The highest BCUT2D eigenvalue weighted by molar-refractivity contribution is 7.68. The molecule has 4 aliphatic heterocycles. The maximum absolute atomic E-state index is 15.3. The van der Waals surface area contributed by atoms with Crippen LogP contribution in [-0.4, -0.2) is 232 Å². The number of nitrogens with zero attached hydrogens (tertiary/aromatic N) is 4. The largest absolute Gasteiger partial charge is 0.490 e. The number of aromatic amines is 4. The normalized spacial score (nSPS) is 30.4. The van der Waals surface area contributed by atoms with Gasteiger partial charge in [0, 0.05) is 50.5 Å². The Morgan fingerprint density at radius 2 is 0.548 bits per heavy atom. The van der Waals surface area contributed by atoms with Gasteiger partial charge in [-0.2, -0.15) is 34.5 Å². The van der Waals surface area contributed by atoms with Crippen molar-refractivity contribution in [1.29, 1.82) is 0 Å². The number of hydrogen-bond donors (Lipinski definition) is 28. The Morgan fingerprint density at radius 1 is 0.339 bits per heavy atom. The number of ether oxygens (including phenoxy) is 4. The molecule has 8 heterocycles. The van der Waals surface area contributed by atoms with Gasteiger partial charge in [0.05, 0.1) is 56.9 Å². The summed E-state index contributed by atoms with van der Waals surface area (Å²) in [6, 6.07) is 0. The molecule has 0 aromatic carbocycles. The number of hydrogen-bond acceptors (Lipinski definition) is 44. The molecule has 8 rings (SSSR count). The molecule has 28 N–H and O–H groups in total. The number of phosphoric ester groups is 4. The van der Waals surface area contributed by atoms with Crippen LogP contribution in [0, 0.1) is 0 Å². The van der Waals surface area contributed by atoms with E-state index in [9.17, 15) is 142 Å². The van der Waals surface area contributed by atoms with Crippen molar-refractivity contribution < 1.29 is 271 Å². The number of halogens is 4. The van der Waals surface area contributed by atoms with Crippen molar-refractivity contribution in [2.24, 2.45) is 0 Å². The molecule has 20 atom stereocenters. The summed E-state index contributed by atoms with van der Waals surface area (Å²) in [5, 5.41) is 76.6. The van der Waals surface area contributed by atoms with E-state index in [2.05, 4.69) is 66.8 Å². The van der Waals surface area contributed by atoms with Crippen molar-refractivity contribution in [1.82, 2.24) is 38.2 Å². The van der Waals surface area contributed by atoms with Crippen LogP contribution in [-0.2, 0) is 153 Å². The molecule has 4 aliphatic rings. The Labute approximate surface area is 683 Å². The number of phosphoric acid groups is 12. The van der Waals surface area contributed by atoms with Crippen molar-refractivity contribution in [3.05, 3.63) is 130 Å². The molecule has 4 fully saturated rings. The molecule has 0 radical (unpaired) electrons. The van der Waals surface area contributed by atoms with E-state index in [0.717, 1.165) is 6.20 Å². The third-order valence-corrected chi connectivity index (χ3v) is 28.2. The fraction of sp³-hybridized carbons (Fsp3) is 0.600. The predicted molar refractivity (Wildman–Crippen MR) is 367 cm³/mol. The average Bonchev–Trinajstić information content (AvgIpc) is 1.58. The molecule has 0 saturated carbocycles. The summed E-state index contributed by atoms with van der Waals surface area (Å²) in [5.41, 5.74) is -11.2. The Hall–Kier alpha value is -4.40. The summed E-state index contributed by atoms with van der Waals surface area (Å²) < 4.78 is 304. The van der Waals surface area contributed by atoms with Crippen molar-refractivity contribution >= 4 is 93.9 Å². The SMILES string of the molecule is O=c1[nH]c(=O)n([C@@H]2O[C@](F)(COP(=O)(O)OP(=O)(O)OP(=O)(O)O)C[C@H]2O)cc1CO.[2H]C([2H])(OP(=O)(O)OP(=O)(O)OP(=O)(O)O)[C@]1(F)C[C@@H](O)[C@H](n2cc(CO)c(=O)[nH]c2=O)O1.[2H]C([2H])(OP(=O)(O)OP(=O)(O)OP(=O)(O)O)[C@]1(F)C[C@@H](O)[C@]([2H])(n2cc(CO)c(=O)[nH]c2=O)O1.[2H][C@@]1(n2cc(CO)c(=O)[nH]c2=O)O[C@](F)(COP(=O)(O)OP(=O)(O)OP(=O)(O)O)C[C@H]1O. The number of aliphatic hydroxyl groups excluding tert-OH is 8. The van der Waals surface area contributed by atoms with Gasteiger partial charge in [0.25, 0.3) is 22.2 Å². The van der Waals surface area contributed by atoms with E-state index in [4.69, 9.17) is 92.1 Å². The fourth-order valence-corrected chi connectivity index (χ4v) is 20.9. The molecule has 4 aromatic heterocycles. The molecular weight excluding hydrogens is 2000 g/mol. The number of rotatable bonds is 36. The standard InChI is InChI=1S/4C10H16FN2O15P3/c4*11-10(4-25-30(21,22)28-31(23,24)27-29(18,19)20)1-6(15)8(26-10)13-2-5(3-14)7(16)12-9(13)17/h4*2,6,8,14-15H,1,3-4H2,(H,21,22)(H,23,24)(H,12,16,17)(H2,18,19,20)/t4*6-,8-,10+/m1111/s1/i4D2,8D;8D;4D2;. The fourth-order valence-electron chi connectivity index (χ4n) is 8.98. The quantitative estimate of drug-likeness (QED) is 0.0149. The molecule has 4 saturated heterocycles. The zero-order valence-electron chi connectivity index (χ0n) is 64.9. The number of alkyl halides is 4. The van der Waals surface area contributed by atoms with E-state index in [1.165, 1.54) is 0 Å². The Morgan fingerprint density at radius 3 is 0.823 bits per heavy atom. The average molecular weight is 2070 g/mol. The zero-order valence-corrected chi connectivity index (χ0v) is 69.7. The summed E-state index contributed by atoms with van der Waals surface area (Å²) >= 11 is 0. The van der Waals surface area contributed by atoms with E-state index in [0.29, 0.717) is 27.7 Å². The van der Waals surface area contributed by atoms with Crippen LogP contribution in [0.25, 0.3) is 0 Å². The molecule has 8 unspecified atom stereocenters. The topological polar surface area (TPSA) is 1060 Å². The van der Waals surface area contributed by atoms with E-state index in [-0.39, 0.29) is 14.7 Å². The Bertz CT molecular complexity index is 6030. The van der Waals surface area contributed by atoms with Crippen molar-refractivity contribution in [2.75, 3.05) is 26.3 Å². The lowest BCUT2D eigenvalue weighted by Crippen LogP contribution is -2.37. The van der Waals surface area contributed by atoms with Gasteiger partial charge < -0.3 is 138 Å². The molecule has 712 valence electrons. The van der Waals surface area contributed by atoms with E-state index in [1.54, 1.807) is 19.9 Å². The van der Waals surface area contributed by atoms with E-state index in [1.807, 2.05) is 0 Å². The second kappa shape index (κ2) is 41.2. The minimum absolute atomic E-state index is 0.0624. The molecule has 124 heavy (non-hydrogen) atoms. The van der Waals surface area contributed by atoms with E-state index < -0.39 is 307 Å². The lowest BCUT2D eigenvalue weighted by molar-refractivity contribution is -0.178. The summed E-state index contributed by atoms with van der Waals surface area (Å²) in [6.45, 7) is -15.1. The zero-order chi connectivity index (χ0) is 101. The minimum atomic E-state index is -6.25.